The minimum atomic E-state index is -0.543. The first-order chi connectivity index (χ1) is 10.1. The maximum absolute atomic E-state index is 12.4. The molecule has 0 aromatic carbocycles. The number of nitrogens with one attached hydrogen (secondary N) is 1. The summed E-state index contributed by atoms with van der Waals surface area (Å²) >= 11 is 0. The maximum Gasteiger partial charge on any atom is 0.410 e. The molecule has 0 aromatic rings. The predicted octanol–water partition coefficient (Wildman–Crippen LogP) is 2.07. The summed E-state index contributed by atoms with van der Waals surface area (Å²) in [5.74, 6) is -0.0835. The fourth-order valence-electron chi connectivity index (χ4n) is 2.85. The minimum absolute atomic E-state index is 0.0835. The summed E-state index contributed by atoms with van der Waals surface area (Å²) in [6, 6.07) is -0.293. The zero-order chi connectivity index (χ0) is 16.5. The van der Waals surface area contributed by atoms with Crippen molar-refractivity contribution in [1.29, 1.82) is 0 Å². The van der Waals surface area contributed by atoms with E-state index in [9.17, 15) is 9.59 Å². The summed E-state index contributed by atoms with van der Waals surface area (Å²) in [5.41, 5.74) is -0.751. The van der Waals surface area contributed by atoms with Gasteiger partial charge in [-0.05, 0) is 53.9 Å². The van der Waals surface area contributed by atoms with E-state index in [0.29, 0.717) is 19.6 Å². The van der Waals surface area contributed by atoms with Crippen LogP contribution in [-0.2, 0) is 14.3 Å². The first-order valence-electron chi connectivity index (χ1n) is 8.01. The summed E-state index contributed by atoms with van der Waals surface area (Å²) in [6.07, 6.45) is 1.88. The Balaban J connectivity index is 1.86. The van der Waals surface area contributed by atoms with Gasteiger partial charge >= 0.3 is 6.09 Å². The molecule has 0 unspecified atom stereocenters. The van der Waals surface area contributed by atoms with Crippen molar-refractivity contribution in [3.8, 4) is 0 Å². The molecule has 0 bridgehead atoms. The monoisotopic (exact) mass is 312 g/mol. The lowest BCUT2D eigenvalue weighted by Crippen LogP contribution is -2.61. The number of hydrogen-bond acceptors (Lipinski definition) is 4. The number of carbonyl (C=O) groups is 2. The van der Waals surface area contributed by atoms with Gasteiger partial charge in [0.1, 0.15) is 11.6 Å². The highest BCUT2D eigenvalue weighted by Gasteiger charge is 2.41. The van der Waals surface area contributed by atoms with E-state index in [2.05, 4.69) is 5.32 Å². The molecule has 2 heterocycles. The molecule has 2 atom stereocenters. The highest BCUT2D eigenvalue weighted by Crippen LogP contribution is 2.25. The molecule has 126 valence electrons. The van der Waals surface area contributed by atoms with Crippen LogP contribution in [0.15, 0.2) is 0 Å². The molecule has 22 heavy (non-hydrogen) atoms. The van der Waals surface area contributed by atoms with Crippen molar-refractivity contribution in [2.45, 2.75) is 77.2 Å². The van der Waals surface area contributed by atoms with Gasteiger partial charge in [0.15, 0.2) is 0 Å². The second kappa shape index (κ2) is 6.07. The van der Waals surface area contributed by atoms with Crippen molar-refractivity contribution >= 4 is 12.0 Å². The minimum Gasteiger partial charge on any atom is -0.444 e. The van der Waals surface area contributed by atoms with Gasteiger partial charge in [-0.1, -0.05) is 0 Å². The van der Waals surface area contributed by atoms with Crippen molar-refractivity contribution in [2.75, 3.05) is 13.2 Å². The number of nitrogens with zero attached hydrogens (tertiary/aromatic N) is 1. The Bertz CT molecular complexity index is 442. The van der Waals surface area contributed by atoms with E-state index in [-0.39, 0.29) is 17.6 Å². The first-order valence-corrected chi connectivity index (χ1v) is 8.01. The molecule has 2 fully saturated rings. The van der Waals surface area contributed by atoms with Crippen molar-refractivity contribution in [3.05, 3.63) is 0 Å². The van der Waals surface area contributed by atoms with Crippen molar-refractivity contribution in [1.82, 2.24) is 10.2 Å². The standard InChI is InChI=1S/C16H28N2O4/c1-15(2,3)22-14(20)18-8-6-12(18)13(19)17-11-7-9-21-16(4,5)10-11/h11-12H,6-10H2,1-5H3,(H,17,19)/t11-,12+/m0/s1. The van der Waals surface area contributed by atoms with Gasteiger partial charge in [0, 0.05) is 19.2 Å². The Morgan fingerprint density at radius 3 is 2.45 bits per heavy atom. The van der Waals surface area contributed by atoms with Gasteiger partial charge < -0.3 is 14.8 Å². The van der Waals surface area contributed by atoms with Gasteiger partial charge in [0.25, 0.3) is 0 Å². The number of likely N-dealkylation sites (tertiary alicyclic amines) is 1. The average molecular weight is 312 g/mol. The van der Waals surface area contributed by atoms with Gasteiger partial charge in [0.05, 0.1) is 5.60 Å². The summed E-state index contributed by atoms with van der Waals surface area (Å²) < 4.78 is 11.0. The molecule has 2 aliphatic rings. The molecular formula is C16H28N2O4. The largest absolute Gasteiger partial charge is 0.444 e. The third kappa shape index (κ3) is 4.35. The molecule has 2 amide bonds. The van der Waals surface area contributed by atoms with Crippen LogP contribution in [-0.4, -0.2) is 53.3 Å². The molecule has 0 aromatic heterocycles. The normalized spacial score (nSPS) is 27.8. The SMILES string of the molecule is CC(C)(C)OC(=O)N1CC[C@@H]1C(=O)N[C@H]1CCOC(C)(C)C1. The molecule has 2 aliphatic heterocycles. The second-order valence-corrected chi connectivity index (χ2v) is 7.78. The number of hydrogen-bond donors (Lipinski definition) is 1. The topological polar surface area (TPSA) is 67.9 Å². The molecule has 0 saturated carbocycles. The lowest BCUT2D eigenvalue weighted by atomic mass is 9.93. The fraction of sp³-hybridized carbons (Fsp3) is 0.875. The Morgan fingerprint density at radius 2 is 1.95 bits per heavy atom. The molecule has 6 heteroatoms. The molecule has 0 spiro atoms. The van der Waals surface area contributed by atoms with E-state index in [1.807, 2.05) is 34.6 Å². The zero-order valence-corrected chi connectivity index (χ0v) is 14.3. The van der Waals surface area contributed by atoms with E-state index >= 15 is 0 Å². The molecular weight excluding hydrogens is 284 g/mol. The lowest BCUT2D eigenvalue weighted by molar-refractivity contribution is -0.133. The molecule has 1 N–H and O–H groups in total. The number of ether oxygens (including phenoxy) is 2. The second-order valence-electron chi connectivity index (χ2n) is 7.78. The Hall–Kier alpha value is -1.30. The summed E-state index contributed by atoms with van der Waals surface area (Å²) in [7, 11) is 0. The van der Waals surface area contributed by atoms with Crippen LogP contribution in [0.25, 0.3) is 0 Å². The average Bonchev–Trinajstić information content (AvgIpc) is 2.22. The lowest BCUT2D eigenvalue weighted by Gasteiger charge is -2.42. The molecule has 0 radical (unpaired) electrons. The van der Waals surface area contributed by atoms with Crippen LogP contribution < -0.4 is 5.32 Å². The van der Waals surface area contributed by atoms with E-state index < -0.39 is 17.7 Å². The molecule has 2 saturated heterocycles. The maximum atomic E-state index is 12.4. The van der Waals surface area contributed by atoms with Gasteiger partial charge in [-0.15, -0.1) is 0 Å². The van der Waals surface area contributed by atoms with Crippen molar-refractivity contribution < 1.29 is 19.1 Å². The third-order valence-corrected chi connectivity index (χ3v) is 3.99. The Morgan fingerprint density at radius 1 is 1.27 bits per heavy atom. The van der Waals surface area contributed by atoms with Crippen LogP contribution in [0.5, 0.6) is 0 Å². The van der Waals surface area contributed by atoms with E-state index in [1.54, 1.807) is 0 Å². The fourth-order valence-corrected chi connectivity index (χ4v) is 2.85. The van der Waals surface area contributed by atoms with E-state index in [4.69, 9.17) is 9.47 Å². The molecule has 6 nitrogen and oxygen atoms in total. The molecule has 0 aliphatic carbocycles. The smallest absolute Gasteiger partial charge is 0.410 e. The van der Waals surface area contributed by atoms with Crippen LogP contribution in [0, 0.1) is 0 Å². The number of rotatable bonds is 2. The Kier molecular flexibility index (Phi) is 4.70. The first kappa shape index (κ1) is 17.1. The summed E-state index contributed by atoms with van der Waals surface area (Å²) in [6.45, 7) is 10.8. The van der Waals surface area contributed by atoms with Gasteiger partial charge in [-0.3, -0.25) is 9.69 Å². The third-order valence-electron chi connectivity index (χ3n) is 3.99. The zero-order valence-electron chi connectivity index (χ0n) is 14.3. The van der Waals surface area contributed by atoms with Crippen LogP contribution in [0.2, 0.25) is 0 Å². The van der Waals surface area contributed by atoms with Gasteiger partial charge in [0.2, 0.25) is 5.91 Å². The highest BCUT2D eigenvalue weighted by atomic mass is 16.6. The number of carbonyl (C=O) groups excluding carboxylic acids is 2. The van der Waals surface area contributed by atoms with Crippen molar-refractivity contribution in [3.63, 3.8) is 0 Å². The van der Waals surface area contributed by atoms with Crippen LogP contribution in [0.3, 0.4) is 0 Å². The van der Waals surface area contributed by atoms with E-state index in [1.165, 1.54) is 4.90 Å². The summed E-state index contributed by atoms with van der Waals surface area (Å²) in [4.78, 5) is 25.9. The van der Waals surface area contributed by atoms with Gasteiger partial charge in [-0.25, -0.2) is 4.79 Å². The van der Waals surface area contributed by atoms with Crippen molar-refractivity contribution in [2.24, 2.45) is 0 Å². The molecule has 2 rings (SSSR count). The van der Waals surface area contributed by atoms with Crippen LogP contribution in [0.4, 0.5) is 4.79 Å². The quantitative estimate of drug-likeness (QED) is 0.847. The summed E-state index contributed by atoms with van der Waals surface area (Å²) in [5, 5.41) is 3.06. The Labute approximate surface area is 132 Å². The number of amides is 2. The highest BCUT2D eigenvalue weighted by molar-refractivity contribution is 5.87. The van der Waals surface area contributed by atoms with Gasteiger partial charge in [-0.2, -0.15) is 0 Å². The van der Waals surface area contributed by atoms with Crippen LogP contribution in [0.1, 0.15) is 53.9 Å². The predicted molar refractivity (Wildman–Crippen MR) is 82.5 cm³/mol. The van der Waals surface area contributed by atoms with Crippen LogP contribution >= 0.6 is 0 Å². The van der Waals surface area contributed by atoms with E-state index in [0.717, 1.165) is 12.8 Å².